The van der Waals surface area contributed by atoms with Crippen LogP contribution in [-0.4, -0.2) is 76.6 Å². The average molecular weight is 481 g/mol. The van der Waals surface area contributed by atoms with Crippen LogP contribution < -0.4 is 11.1 Å². The van der Waals surface area contributed by atoms with Crippen molar-refractivity contribution in [3.8, 4) is 0 Å². The van der Waals surface area contributed by atoms with Crippen LogP contribution in [0.2, 0.25) is 0 Å². The molecule has 4 aliphatic rings. The number of amides is 1. The first-order chi connectivity index (χ1) is 15.9. The highest BCUT2D eigenvalue weighted by Crippen LogP contribution is 2.39. The summed E-state index contributed by atoms with van der Waals surface area (Å²) in [5.74, 6) is -1.33. The number of rotatable bonds is 3. The zero-order chi connectivity index (χ0) is 24.7. The number of carbonyl (C=O) groups excluding carboxylic acids is 1. The van der Waals surface area contributed by atoms with E-state index >= 15 is 0 Å². The van der Waals surface area contributed by atoms with Gasteiger partial charge in [-0.2, -0.15) is 0 Å². The number of hydrogen-bond donors (Lipinski definition) is 4. The Labute approximate surface area is 199 Å². The average Bonchev–Trinajstić information content (AvgIpc) is 3.42. The predicted octanol–water partition coefficient (Wildman–Crippen LogP) is 1.16. The molecule has 8 atom stereocenters. The van der Waals surface area contributed by atoms with Crippen LogP contribution in [0.3, 0.4) is 0 Å². The van der Waals surface area contributed by atoms with Gasteiger partial charge in [-0.15, -0.1) is 0 Å². The first-order valence-electron chi connectivity index (χ1n) is 11.7. The van der Waals surface area contributed by atoms with Crippen molar-refractivity contribution in [2.24, 2.45) is 5.73 Å². The van der Waals surface area contributed by atoms with Gasteiger partial charge >= 0.3 is 6.09 Å². The summed E-state index contributed by atoms with van der Waals surface area (Å²) in [7, 11) is 0. The van der Waals surface area contributed by atoms with E-state index in [0.717, 1.165) is 5.56 Å². The van der Waals surface area contributed by atoms with Crippen molar-refractivity contribution >= 4 is 6.09 Å². The maximum absolute atomic E-state index is 11.9. The van der Waals surface area contributed by atoms with Crippen LogP contribution in [0.1, 0.15) is 46.1 Å². The van der Waals surface area contributed by atoms with Crippen LogP contribution in [0.15, 0.2) is 30.3 Å². The highest BCUT2D eigenvalue weighted by atomic mass is 16.8. The Kier molecular flexibility index (Phi) is 7.21. The maximum Gasteiger partial charge on any atom is 0.407 e. The minimum atomic E-state index is -0.745. The Bertz CT molecular complexity index is 833. The highest BCUT2D eigenvalue weighted by molar-refractivity contribution is 5.67. The van der Waals surface area contributed by atoms with E-state index in [-0.39, 0.29) is 37.0 Å². The third-order valence-corrected chi connectivity index (χ3v) is 6.43. The molecule has 2 aliphatic carbocycles. The molecule has 0 aromatic heterocycles. The molecule has 1 amide bonds. The fourth-order valence-electron chi connectivity index (χ4n) is 5.00. The van der Waals surface area contributed by atoms with Crippen LogP contribution in [0.25, 0.3) is 0 Å². The standard InChI is InChI=1S/C16H21NO5.C8H15NO3/c1-16(2)21-13-11(8-12(18)14(13)22-16)17-15(19)20-9-10-6-4-3-5-7-10;1-8(2)11-6-4(9)3-5(10)7(6)12-8/h3-7,11-14,18H,8-9H2,1-2H3,(H,17,19);4-7,10H,3,9H2,1-2H3/t11-,12+,13+,14-;4-,5+,6+,7-/m11/s1. The molecule has 190 valence electrons. The molecule has 10 heteroatoms. The zero-order valence-electron chi connectivity index (χ0n) is 20.0. The number of nitrogens with two attached hydrogens (primary N) is 1. The van der Waals surface area contributed by atoms with Gasteiger partial charge in [0.1, 0.15) is 31.0 Å². The first-order valence-corrected chi connectivity index (χ1v) is 11.7. The fraction of sp³-hybridized carbons (Fsp3) is 0.708. The molecule has 0 bridgehead atoms. The van der Waals surface area contributed by atoms with E-state index in [1.165, 1.54) is 0 Å². The summed E-state index contributed by atoms with van der Waals surface area (Å²) in [6.45, 7) is 7.47. The van der Waals surface area contributed by atoms with E-state index in [0.29, 0.717) is 12.8 Å². The second kappa shape index (κ2) is 9.69. The summed E-state index contributed by atoms with van der Waals surface area (Å²) in [6.07, 6.45) is -1.78. The van der Waals surface area contributed by atoms with Crippen LogP contribution >= 0.6 is 0 Å². The molecule has 1 aromatic carbocycles. The lowest BCUT2D eigenvalue weighted by molar-refractivity contribution is -0.164. The Morgan fingerprint density at radius 1 is 0.941 bits per heavy atom. The van der Waals surface area contributed by atoms with Crippen LogP contribution in [0.5, 0.6) is 0 Å². The molecule has 0 radical (unpaired) electrons. The maximum atomic E-state index is 11.9. The van der Waals surface area contributed by atoms with Gasteiger partial charge in [0.05, 0.1) is 18.2 Å². The Balaban J connectivity index is 0.000000192. The molecule has 34 heavy (non-hydrogen) atoms. The van der Waals surface area contributed by atoms with E-state index in [2.05, 4.69) is 5.32 Å². The fourth-order valence-corrected chi connectivity index (χ4v) is 5.00. The van der Waals surface area contributed by atoms with Gasteiger partial charge in [0.15, 0.2) is 11.6 Å². The molecule has 4 fully saturated rings. The van der Waals surface area contributed by atoms with Gasteiger partial charge in [0.2, 0.25) is 0 Å². The quantitative estimate of drug-likeness (QED) is 0.501. The van der Waals surface area contributed by atoms with Crippen molar-refractivity contribution in [3.05, 3.63) is 35.9 Å². The number of hydrogen-bond acceptors (Lipinski definition) is 9. The molecule has 2 saturated carbocycles. The number of ether oxygens (including phenoxy) is 5. The molecule has 5 rings (SSSR count). The summed E-state index contributed by atoms with van der Waals surface area (Å²) in [6, 6.07) is 9.05. The molecule has 2 saturated heterocycles. The van der Waals surface area contributed by atoms with Gasteiger partial charge in [-0.1, -0.05) is 30.3 Å². The Morgan fingerprint density at radius 2 is 1.47 bits per heavy atom. The van der Waals surface area contributed by atoms with Crippen LogP contribution in [0.4, 0.5) is 4.79 Å². The zero-order valence-corrected chi connectivity index (χ0v) is 20.0. The second-order valence-corrected chi connectivity index (χ2v) is 10.2. The normalized spacial score (nSPS) is 39.0. The summed E-state index contributed by atoms with van der Waals surface area (Å²) in [4.78, 5) is 11.9. The summed E-state index contributed by atoms with van der Waals surface area (Å²) in [5.41, 5.74) is 6.69. The third-order valence-electron chi connectivity index (χ3n) is 6.43. The lowest BCUT2D eigenvalue weighted by Gasteiger charge is -2.22. The number of aliphatic hydroxyl groups is 2. The van der Waals surface area contributed by atoms with Gasteiger partial charge in [-0.3, -0.25) is 0 Å². The number of carbonyl (C=O) groups is 1. The molecule has 0 spiro atoms. The van der Waals surface area contributed by atoms with E-state index in [4.69, 9.17) is 29.4 Å². The van der Waals surface area contributed by atoms with E-state index < -0.39 is 36.0 Å². The number of benzene rings is 1. The molecule has 2 heterocycles. The smallest absolute Gasteiger partial charge is 0.407 e. The van der Waals surface area contributed by atoms with Crippen molar-refractivity contribution in [1.82, 2.24) is 5.32 Å². The lowest BCUT2D eigenvalue weighted by atomic mass is 10.2. The largest absolute Gasteiger partial charge is 0.445 e. The van der Waals surface area contributed by atoms with Gasteiger partial charge < -0.3 is 44.9 Å². The van der Waals surface area contributed by atoms with E-state index in [1.807, 2.05) is 44.2 Å². The third kappa shape index (κ3) is 5.71. The Morgan fingerprint density at radius 3 is 2.09 bits per heavy atom. The topological polar surface area (TPSA) is 142 Å². The van der Waals surface area contributed by atoms with Crippen LogP contribution in [0, 0.1) is 0 Å². The minimum Gasteiger partial charge on any atom is -0.445 e. The highest BCUT2D eigenvalue weighted by Gasteiger charge is 2.54. The van der Waals surface area contributed by atoms with Crippen molar-refractivity contribution in [2.45, 2.75) is 107 Å². The van der Waals surface area contributed by atoms with Crippen molar-refractivity contribution in [1.29, 1.82) is 0 Å². The molecule has 2 aliphatic heterocycles. The molecule has 1 aromatic rings. The van der Waals surface area contributed by atoms with Gasteiger partial charge in [0.25, 0.3) is 0 Å². The van der Waals surface area contributed by atoms with Gasteiger partial charge in [-0.05, 0) is 46.1 Å². The van der Waals surface area contributed by atoms with Crippen molar-refractivity contribution < 1.29 is 38.7 Å². The predicted molar refractivity (Wildman–Crippen MR) is 120 cm³/mol. The molecule has 5 N–H and O–H groups in total. The summed E-state index contributed by atoms with van der Waals surface area (Å²) in [5, 5.41) is 22.3. The number of nitrogens with one attached hydrogen (secondary N) is 1. The van der Waals surface area contributed by atoms with E-state index in [9.17, 15) is 15.0 Å². The van der Waals surface area contributed by atoms with Crippen molar-refractivity contribution in [2.75, 3.05) is 0 Å². The molecular formula is C24H36N2O8. The SMILES string of the molecule is CC1(C)O[C@@H]2[C@H](O1)[C@@H](O)C[C@H]2N.CC1(C)O[C@@H]2[C@H](O1)[C@@H](O)C[C@H]2NC(=O)OCc1ccccc1. The Hall–Kier alpha value is -1.79. The second-order valence-electron chi connectivity index (χ2n) is 10.2. The number of alkyl carbamates (subject to hydrolysis) is 1. The van der Waals surface area contributed by atoms with Gasteiger partial charge in [-0.25, -0.2) is 4.79 Å². The number of aliphatic hydroxyl groups excluding tert-OH is 2. The first kappa shape index (κ1) is 25.3. The summed E-state index contributed by atoms with van der Waals surface area (Å²) < 4.78 is 27.7. The lowest BCUT2D eigenvalue weighted by Crippen LogP contribution is -2.43. The molecule has 10 nitrogen and oxygen atoms in total. The van der Waals surface area contributed by atoms with E-state index in [1.54, 1.807) is 13.8 Å². The minimum absolute atomic E-state index is 0.0909. The van der Waals surface area contributed by atoms with Crippen molar-refractivity contribution in [3.63, 3.8) is 0 Å². The summed E-state index contributed by atoms with van der Waals surface area (Å²) >= 11 is 0. The number of fused-ring (bicyclic) bond motifs is 2. The molecular weight excluding hydrogens is 444 g/mol. The molecule has 0 unspecified atom stereocenters. The van der Waals surface area contributed by atoms with Crippen LogP contribution in [-0.2, 0) is 30.3 Å². The monoisotopic (exact) mass is 480 g/mol. The van der Waals surface area contributed by atoms with Gasteiger partial charge in [0, 0.05) is 6.04 Å².